The van der Waals surface area contributed by atoms with Gasteiger partial charge in [-0.25, -0.2) is 0 Å². The maximum atomic E-state index is 13.7. The molecule has 3 rings (SSSR count). The van der Waals surface area contributed by atoms with Crippen LogP contribution in [-0.2, 0) is 23.6 Å². The van der Waals surface area contributed by atoms with Crippen LogP contribution < -0.4 is 0 Å². The molecule has 2 N–H and O–H groups in total. The average molecular weight is 576 g/mol. The number of rotatable bonds is 11. The molecule has 1 aliphatic heterocycles. The SMILES string of the molecule is CN(CCc1cc(C(F)(F)F)cc(C(F)(F)F)c1)C(=O)C(c1ccccc1)N1CCC(N(CCO)CCO)CC1. The van der Waals surface area contributed by atoms with Crippen LogP contribution in [0.4, 0.5) is 26.3 Å². The maximum Gasteiger partial charge on any atom is 0.416 e. The van der Waals surface area contributed by atoms with E-state index in [2.05, 4.69) is 0 Å². The Bertz CT molecular complexity index is 1050. The number of carbonyl (C=O) groups is 1. The summed E-state index contributed by atoms with van der Waals surface area (Å²) in [6.07, 6.45) is -8.66. The van der Waals surface area contributed by atoms with Crippen molar-refractivity contribution in [2.24, 2.45) is 0 Å². The number of likely N-dealkylation sites (tertiary alicyclic amines) is 1. The second-order valence-corrected chi connectivity index (χ2v) is 9.99. The minimum Gasteiger partial charge on any atom is -0.395 e. The van der Waals surface area contributed by atoms with Crippen LogP contribution in [0.5, 0.6) is 0 Å². The summed E-state index contributed by atoms with van der Waals surface area (Å²) in [5, 5.41) is 18.7. The van der Waals surface area contributed by atoms with Gasteiger partial charge in [-0.2, -0.15) is 26.3 Å². The fourth-order valence-electron chi connectivity index (χ4n) is 5.17. The first-order chi connectivity index (χ1) is 18.8. The fourth-order valence-corrected chi connectivity index (χ4v) is 5.17. The molecule has 1 unspecified atom stereocenters. The number of aliphatic hydroxyl groups is 2. The third-order valence-corrected chi connectivity index (χ3v) is 7.26. The van der Waals surface area contributed by atoms with Gasteiger partial charge < -0.3 is 15.1 Å². The number of piperidine rings is 1. The number of carbonyl (C=O) groups excluding carboxylic acids is 1. The van der Waals surface area contributed by atoms with E-state index in [-0.39, 0.29) is 49.8 Å². The van der Waals surface area contributed by atoms with Crippen molar-refractivity contribution in [3.8, 4) is 0 Å². The van der Waals surface area contributed by atoms with E-state index in [1.165, 1.54) is 11.9 Å². The van der Waals surface area contributed by atoms with Gasteiger partial charge in [0.25, 0.3) is 0 Å². The standard InChI is InChI=1S/C28H35F6N3O3/c1-35(10-7-20-17-22(27(29,30)31)19-23(18-20)28(32,33)34)26(40)25(21-5-3-2-4-6-21)37-11-8-24(9-12-37)36(13-15-38)14-16-39/h2-6,17-19,24-25,38-39H,7-16H2,1H3. The van der Waals surface area contributed by atoms with Crippen molar-refractivity contribution < 1.29 is 41.4 Å². The van der Waals surface area contributed by atoms with Gasteiger partial charge in [0, 0.05) is 45.8 Å². The molecular formula is C28H35F6N3O3. The van der Waals surface area contributed by atoms with Gasteiger partial charge in [-0.1, -0.05) is 30.3 Å². The molecule has 12 heteroatoms. The van der Waals surface area contributed by atoms with Gasteiger partial charge >= 0.3 is 12.4 Å². The smallest absolute Gasteiger partial charge is 0.395 e. The Morgan fingerprint density at radius 3 is 1.90 bits per heavy atom. The summed E-state index contributed by atoms with van der Waals surface area (Å²) >= 11 is 0. The zero-order valence-electron chi connectivity index (χ0n) is 22.3. The molecule has 40 heavy (non-hydrogen) atoms. The van der Waals surface area contributed by atoms with Crippen molar-refractivity contribution in [2.45, 2.75) is 43.7 Å². The second-order valence-electron chi connectivity index (χ2n) is 9.99. The fraction of sp³-hybridized carbons (Fsp3) is 0.536. The molecule has 222 valence electrons. The average Bonchev–Trinajstić information content (AvgIpc) is 2.91. The molecule has 0 aromatic heterocycles. The van der Waals surface area contributed by atoms with E-state index in [0.29, 0.717) is 51.2 Å². The van der Waals surface area contributed by atoms with Crippen LogP contribution in [-0.4, -0.2) is 89.8 Å². The van der Waals surface area contributed by atoms with E-state index < -0.39 is 29.5 Å². The lowest BCUT2D eigenvalue weighted by molar-refractivity contribution is -0.143. The minimum atomic E-state index is -4.94. The first-order valence-corrected chi connectivity index (χ1v) is 13.1. The summed E-state index contributed by atoms with van der Waals surface area (Å²) in [6, 6.07) is 9.97. The second kappa shape index (κ2) is 13.8. The Morgan fingerprint density at radius 1 is 0.900 bits per heavy atom. The van der Waals surface area contributed by atoms with Gasteiger partial charge in [0.05, 0.1) is 24.3 Å². The number of alkyl halides is 6. The summed E-state index contributed by atoms with van der Waals surface area (Å²) in [5.41, 5.74) is -2.19. The van der Waals surface area contributed by atoms with Crippen LogP contribution in [0.25, 0.3) is 0 Å². The Kier molecular flexibility index (Phi) is 11.0. The lowest BCUT2D eigenvalue weighted by Crippen LogP contribution is -2.50. The number of nitrogens with zero attached hydrogens (tertiary/aromatic N) is 3. The van der Waals surface area contributed by atoms with Gasteiger partial charge in [-0.05, 0) is 48.6 Å². The number of hydrogen-bond acceptors (Lipinski definition) is 5. The van der Waals surface area contributed by atoms with Gasteiger partial charge in [0.2, 0.25) is 5.91 Å². The van der Waals surface area contributed by atoms with E-state index in [1.807, 2.05) is 28.0 Å². The predicted molar refractivity (Wildman–Crippen MR) is 137 cm³/mol. The van der Waals surface area contributed by atoms with Gasteiger partial charge in [0.15, 0.2) is 0 Å². The quantitative estimate of drug-likeness (QED) is 0.393. The van der Waals surface area contributed by atoms with Crippen LogP contribution in [0.2, 0.25) is 0 Å². The van der Waals surface area contributed by atoms with Crippen molar-refractivity contribution in [3.05, 3.63) is 70.8 Å². The number of aliphatic hydroxyl groups excluding tert-OH is 2. The molecule has 6 nitrogen and oxygen atoms in total. The first kappa shape index (κ1) is 31.9. The van der Waals surface area contributed by atoms with Crippen molar-refractivity contribution in [3.63, 3.8) is 0 Å². The molecule has 0 bridgehead atoms. The third-order valence-electron chi connectivity index (χ3n) is 7.26. The largest absolute Gasteiger partial charge is 0.416 e. The van der Waals surface area contributed by atoms with Crippen LogP contribution in [0, 0.1) is 0 Å². The highest BCUT2D eigenvalue weighted by Gasteiger charge is 2.37. The topological polar surface area (TPSA) is 67.3 Å². The number of likely N-dealkylation sites (N-methyl/N-ethyl adjacent to an activating group) is 1. The highest BCUT2D eigenvalue weighted by Crippen LogP contribution is 2.36. The minimum absolute atomic E-state index is 0.0352. The van der Waals surface area contributed by atoms with Crippen molar-refractivity contribution in [1.82, 2.24) is 14.7 Å². The molecule has 1 atom stereocenters. The van der Waals surface area contributed by atoms with Crippen molar-refractivity contribution >= 4 is 5.91 Å². The Balaban J connectivity index is 1.76. The molecular weight excluding hydrogens is 540 g/mol. The Morgan fingerprint density at radius 2 is 1.43 bits per heavy atom. The van der Waals surface area contributed by atoms with Gasteiger partial charge in [-0.3, -0.25) is 14.6 Å². The number of halogens is 6. The highest BCUT2D eigenvalue weighted by molar-refractivity contribution is 5.83. The number of benzene rings is 2. The summed E-state index contributed by atoms with van der Waals surface area (Å²) in [6.45, 7) is 1.83. The Labute approximate surface area is 229 Å². The molecule has 0 aliphatic carbocycles. The van der Waals surface area contributed by atoms with Gasteiger partial charge in [-0.15, -0.1) is 0 Å². The van der Waals surface area contributed by atoms with Crippen molar-refractivity contribution in [1.29, 1.82) is 0 Å². The van der Waals surface area contributed by atoms with Crippen molar-refractivity contribution in [2.75, 3.05) is 53.0 Å². The third kappa shape index (κ3) is 8.42. The number of amides is 1. The molecule has 1 fully saturated rings. The maximum absolute atomic E-state index is 13.7. The molecule has 1 aliphatic rings. The summed E-state index contributed by atoms with van der Waals surface area (Å²) in [7, 11) is 1.49. The highest BCUT2D eigenvalue weighted by atomic mass is 19.4. The van der Waals surface area contributed by atoms with E-state index in [1.54, 1.807) is 12.1 Å². The van der Waals surface area contributed by atoms with E-state index >= 15 is 0 Å². The summed E-state index contributed by atoms with van der Waals surface area (Å²) < 4.78 is 79.6. The van der Waals surface area contributed by atoms with Gasteiger partial charge in [0.1, 0.15) is 6.04 Å². The zero-order valence-corrected chi connectivity index (χ0v) is 22.3. The zero-order chi connectivity index (χ0) is 29.5. The van der Waals surface area contributed by atoms with E-state index in [4.69, 9.17) is 0 Å². The summed E-state index contributed by atoms with van der Waals surface area (Å²) in [4.78, 5) is 19.1. The monoisotopic (exact) mass is 575 g/mol. The van der Waals surface area contributed by atoms with Crippen LogP contribution in [0.15, 0.2) is 48.5 Å². The number of hydrogen-bond donors (Lipinski definition) is 2. The lowest BCUT2D eigenvalue weighted by Gasteiger charge is -2.41. The molecule has 2 aromatic rings. The normalized spacial score (nSPS) is 16.4. The lowest BCUT2D eigenvalue weighted by atomic mass is 9.97. The molecule has 0 saturated carbocycles. The predicted octanol–water partition coefficient (Wildman–Crippen LogP) is 4.22. The van der Waals surface area contributed by atoms with E-state index in [9.17, 15) is 41.4 Å². The molecule has 0 spiro atoms. The molecule has 1 amide bonds. The molecule has 1 saturated heterocycles. The first-order valence-electron chi connectivity index (χ1n) is 13.1. The van der Waals surface area contributed by atoms with Crippen LogP contribution in [0.3, 0.4) is 0 Å². The van der Waals surface area contributed by atoms with Crippen LogP contribution >= 0.6 is 0 Å². The summed E-state index contributed by atoms with van der Waals surface area (Å²) in [5.74, 6) is -0.310. The van der Waals surface area contributed by atoms with Crippen LogP contribution in [0.1, 0.15) is 41.1 Å². The molecule has 2 aromatic carbocycles. The molecule has 0 radical (unpaired) electrons. The molecule has 1 heterocycles. The Hall–Kier alpha value is -2.67. The van der Waals surface area contributed by atoms with E-state index in [0.717, 1.165) is 5.56 Å².